The van der Waals surface area contributed by atoms with Gasteiger partial charge in [-0.05, 0) is 71.7 Å². The monoisotopic (exact) mass is 725 g/mol. The minimum atomic E-state index is -4.47. The molecular formula is C38H47ClF3N7O2. The molecule has 0 bridgehead atoms. The second-order valence-corrected chi connectivity index (χ2v) is 15.7. The van der Waals surface area contributed by atoms with Gasteiger partial charge in [0.25, 0.3) is 12.0 Å². The van der Waals surface area contributed by atoms with Gasteiger partial charge in [-0.3, -0.25) is 0 Å². The molecule has 0 amide bonds. The van der Waals surface area contributed by atoms with Crippen LogP contribution in [0.15, 0.2) is 57.5 Å². The highest BCUT2D eigenvalue weighted by molar-refractivity contribution is 6.33. The van der Waals surface area contributed by atoms with Gasteiger partial charge in [0, 0.05) is 52.0 Å². The van der Waals surface area contributed by atoms with Crippen molar-refractivity contribution in [2.75, 3.05) is 67.1 Å². The first kappa shape index (κ1) is 36.8. The summed E-state index contributed by atoms with van der Waals surface area (Å²) in [6, 6.07) is 14.6. The second-order valence-electron chi connectivity index (χ2n) is 15.3. The van der Waals surface area contributed by atoms with E-state index in [9.17, 15) is 13.2 Å². The maximum atomic E-state index is 12.9. The Balaban J connectivity index is 0.000000193. The van der Waals surface area contributed by atoms with Crippen molar-refractivity contribution in [2.45, 2.75) is 71.4 Å². The van der Waals surface area contributed by atoms with Gasteiger partial charge in [-0.15, -0.1) is 0 Å². The van der Waals surface area contributed by atoms with Crippen LogP contribution in [-0.2, 0) is 17.0 Å². The van der Waals surface area contributed by atoms with Crippen molar-refractivity contribution in [1.82, 2.24) is 20.3 Å². The van der Waals surface area contributed by atoms with Gasteiger partial charge in [0.15, 0.2) is 11.2 Å². The van der Waals surface area contributed by atoms with Crippen molar-refractivity contribution in [3.8, 4) is 0 Å². The SMILES string of the molecule is CC(C)(C)c1ccc2oc(N3CCCN(c4ncc(C(F)(F)F)cc4Cl)CC3)nc2c1.CC(C)(C)c1ccc2oc(N3CCCNCC3)nc2c1. The van der Waals surface area contributed by atoms with Gasteiger partial charge >= 0.3 is 6.18 Å². The van der Waals surface area contributed by atoms with Gasteiger partial charge in [0.1, 0.15) is 16.9 Å². The first-order chi connectivity index (χ1) is 24.1. The number of aromatic nitrogens is 3. The fourth-order valence-electron chi connectivity index (χ4n) is 6.21. The molecule has 2 fully saturated rings. The van der Waals surface area contributed by atoms with E-state index in [1.807, 2.05) is 17.0 Å². The van der Waals surface area contributed by atoms with Crippen LogP contribution in [-0.4, -0.2) is 67.3 Å². The Morgan fingerprint density at radius 3 is 1.73 bits per heavy atom. The van der Waals surface area contributed by atoms with Crippen LogP contribution in [0.5, 0.6) is 0 Å². The minimum Gasteiger partial charge on any atom is -0.423 e. The van der Waals surface area contributed by atoms with Crippen molar-refractivity contribution in [2.24, 2.45) is 0 Å². The molecule has 1 N–H and O–H groups in total. The second kappa shape index (κ2) is 14.5. The fraction of sp³-hybridized carbons (Fsp3) is 0.500. The molecule has 0 unspecified atom stereocenters. The lowest BCUT2D eigenvalue weighted by Gasteiger charge is -2.23. The van der Waals surface area contributed by atoms with Crippen molar-refractivity contribution >= 4 is 51.6 Å². The van der Waals surface area contributed by atoms with Crippen LogP contribution in [0.25, 0.3) is 22.2 Å². The summed E-state index contributed by atoms with van der Waals surface area (Å²) in [5.74, 6) is 0.365. The zero-order valence-electron chi connectivity index (χ0n) is 30.2. The molecule has 2 saturated heterocycles. The third-order valence-corrected chi connectivity index (χ3v) is 9.59. The van der Waals surface area contributed by atoms with Gasteiger partial charge < -0.3 is 28.9 Å². The quantitative estimate of drug-likeness (QED) is 0.196. The predicted molar refractivity (Wildman–Crippen MR) is 198 cm³/mol. The van der Waals surface area contributed by atoms with Crippen LogP contribution >= 0.6 is 11.6 Å². The smallest absolute Gasteiger partial charge is 0.417 e. The molecule has 274 valence electrons. The average Bonchev–Trinajstić information content (AvgIpc) is 3.47. The van der Waals surface area contributed by atoms with Crippen LogP contribution in [0.3, 0.4) is 0 Å². The topological polar surface area (TPSA) is 86.7 Å². The number of hydrogen-bond acceptors (Lipinski definition) is 9. The fourth-order valence-corrected chi connectivity index (χ4v) is 6.50. The zero-order chi connectivity index (χ0) is 36.6. The normalized spacial score (nSPS) is 16.6. The van der Waals surface area contributed by atoms with Crippen molar-refractivity contribution in [1.29, 1.82) is 0 Å². The van der Waals surface area contributed by atoms with Crippen LogP contribution < -0.4 is 20.0 Å². The summed E-state index contributed by atoms with van der Waals surface area (Å²) >= 11 is 6.13. The van der Waals surface area contributed by atoms with E-state index in [0.717, 1.165) is 79.5 Å². The number of pyridine rings is 1. The number of nitrogens with zero attached hydrogens (tertiary/aromatic N) is 6. The molecule has 2 aromatic carbocycles. The van der Waals surface area contributed by atoms with Crippen molar-refractivity contribution in [3.63, 3.8) is 0 Å². The molecule has 9 nitrogen and oxygen atoms in total. The van der Waals surface area contributed by atoms with Crippen molar-refractivity contribution < 1.29 is 22.0 Å². The molecule has 13 heteroatoms. The molecule has 5 aromatic rings. The number of hydrogen-bond donors (Lipinski definition) is 1. The number of oxazole rings is 2. The maximum absolute atomic E-state index is 12.9. The van der Waals surface area contributed by atoms with Crippen molar-refractivity contribution in [3.05, 3.63) is 70.4 Å². The molecule has 3 aromatic heterocycles. The third-order valence-electron chi connectivity index (χ3n) is 9.31. The Bertz CT molecular complexity index is 1950. The Morgan fingerprint density at radius 1 is 0.647 bits per heavy atom. The maximum Gasteiger partial charge on any atom is 0.417 e. The number of rotatable bonds is 3. The number of nitrogens with one attached hydrogen (secondary N) is 1. The molecule has 2 aliphatic rings. The predicted octanol–water partition coefficient (Wildman–Crippen LogP) is 8.83. The molecule has 7 rings (SSSR count). The van der Waals surface area contributed by atoms with E-state index in [-0.39, 0.29) is 15.9 Å². The number of anilines is 3. The summed E-state index contributed by atoms with van der Waals surface area (Å²) in [5.41, 5.74) is 5.18. The van der Waals surface area contributed by atoms with Gasteiger partial charge in [-0.2, -0.15) is 23.1 Å². The summed E-state index contributed by atoms with van der Waals surface area (Å²) < 4.78 is 50.6. The Hall–Kier alpha value is -4.03. The summed E-state index contributed by atoms with van der Waals surface area (Å²) in [6.45, 7) is 19.6. The summed E-state index contributed by atoms with van der Waals surface area (Å²) in [5, 5.41) is 3.40. The molecular weight excluding hydrogens is 679 g/mol. The summed E-state index contributed by atoms with van der Waals surface area (Å²) in [6.07, 6.45) is -1.74. The Morgan fingerprint density at radius 2 is 1.18 bits per heavy atom. The summed E-state index contributed by atoms with van der Waals surface area (Å²) in [4.78, 5) is 19.5. The first-order valence-electron chi connectivity index (χ1n) is 17.6. The Labute approximate surface area is 302 Å². The highest BCUT2D eigenvalue weighted by atomic mass is 35.5. The highest BCUT2D eigenvalue weighted by Gasteiger charge is 2.32. The minimum absolute atomic E-state index is 0.000142. The van der Waals surface area contributed by atoms with Gasteiger partial charge in [0.2, 0.25) is 0 Å². The zero-order valence-corrected chi connectivity index (χ0v) is 31.0. The van der Waals surface area contributed by atoms with Crippen LogP contribution in [0.1, 0.15) is 71.1 Å². The van der Waals surface area contributed by atoms with Crippen LogP contribution in [0.4, 0.5) is 31.0 Å². The van der Waals surface area contributed by atoms with E-state index in [2.05, 4.69) is 95.9 Å². The van der Waals surface area contributed by atoms with Crippen LogP contribution in [0.2, 0.25) is 5.02 Å². The molecule has 5 heterocycles. The highest BCUT2D eigenvalue weighted by Crippen LogP contribution is 2.35. The van der Waals surface area contributed by atoms with E-state index in [0.29, 0.717) is 38.0 Å². The lowest BCUT2D eigenvalue weighted by molar-refractivity contribution is -0.137. The number of benzene rings is 2. The molecule has 0 spiro atoms. The molecule has 0 atom stereocenters. The number of alkyl halides is 3. The molecule has 0 saturated carbocycles. The third kappa shape index (κ3) is 8.72. The Kier molecular flexibility index (Phi) is 10.5. The van der Waals surface area contributed by atoms with Gasteiger partial charge in [-0.25, -0.2) is 4.98 Å². The molecule has 2 aliphatic heterocycles. The van der Waals surface area contributed by atoms with Gasteiger partial charge in [0.05, 0.1) is 10.6 Å². The number of fused-ring (bicyclic) bond motifs is 2. The van der Waals surface area contributed by atoms with E-state index in [1.54, 1.807) is 0 Å². The number of halogens is 4. The van der Waals surface area contributed by atoms with E-state index in [4.69, 9.17) is 20.4 Å². The molecule has 0 radical (unpaired) electrons. The lowest BCUT2D eigenvalue weighted by atomic mass is 9.87. The van der Waals surface area contributed by atoms with Crippen LogP contribution in [0, 0.1) is 0 Å². The van der Waals surface area contributed by atoms with E-state index in [1.165, 1.54) is 11.1 Å². The lowest BCUT2D eigenvalue weighted by Crippen LogP contribution is -2.31. The molecule has 51 heavy (non-hydrogen) atoms. The standard InChI is InChI=1S/C22H24ClF3N4O.C16H23N3O/c1-21(2,3)14-5-6-18-17(12-14)28-20(31-18)30-8-4-7-29(9-10-30)19-16(23)11-15(13-27-19)22(24,25)26;1-16(2,3)12-5-6-14-13(11-12)18-15(20-14)19-9-4-7-17-8-10-19/h5-6,11-13H,4,7-10H2,1-3H3;5-6,11,17H,4,7-10H2,1-3H3. The average molecular weight is 726 g/mol. The van der Waals surface area contributed by atoms with E-state index < -0.39 is 11.7 Å². The van der Waals surface area contributed by atoms with E-state index >= 15 is 0 Å². The summed E-state index contributed by atoms with van der Waals surface area (Å²) in [7, 11) is 0. The first-order valence-corrected chi connectivity index (χ1v) is 17.9. The molecule has 0 aliphatic carbocycles. The largest absolute Gasteiger partial charge is 0.423 e. The van der Waals surface area contributed by atoms with Gasteiger partial charge in [-0.1, -0.05) is 65.3 Å².